The third kappa shape index (κ3) is 4.94. The van der Waals surface area contributed by atoms with Crippen LogP contribution in [0.3, 0.4) is 0 Å². The number of imidazole rings is 1. The van der Waals surface area contributed by atoms with Crippen molar-refractivity contribution in [2.75, 3.05) is 0 Å². The number of rotatable bonds is 8. The Kier molecular flexibility index (Phi) is 6.05. The topological polar surface area (TPSA) is 57.8 Å². The number of aryl methyl sites for hydroxylation is 1. The molecule has 1 aromatic heterocycles. The van der Waals surface area contributed by atoms with Gasteiger partial charge in [0, 0.05) is 6.42 Å². The number of fused-ring (bicyclic) bond motifs is 1. The first-order valence-corrected chi connectivity index (χ1v) is 9.40. The first-order chi connectivity index (χ1) is 12.6. The molecule has 2 aromatic carbocycles. The van der Waals surface area contributed by atoms with Crippen LogP contribution in [0.25, 0.3) is 11.0 Å². The summed E-state index contributed by atoms with van der Waals surface area (Å²) < 4.78 is 0. The second kappa shape index (κ2) is 8.65. The number of aromatic nitrogens is 2. The van der Waals surface area contributed by atoms with E-state index >= 15 is 0 Å². The summed E-state index contributed by atoms with van der Waals surface area (Å²) in [4.78, 5) is 20.5. The number of para-hydroxylation sites is 2. The Hall–Kier alpha value is -2.62. The van der Waals surface area contributed by atoms with Gasteiger partial charge in [-0.2, -0.15) is 0 Å². The molecule has 2 N–H and O–H groups in total. The third-order valence-electron chi connectivity index (χ3n) is 4.49. The zero-order valence-corrected chi connectivity index (χ0v) is 15.5. The molecule has 0 radical (unpaired) electrons. The molecule has 0 aliphatic heterocycles. The lowest BCUT2D eigenvalue weighted by Gasteiger charge is -2.18. The normalized spacial score (nSPS) is 12.4. The fourth-order valence-electron chi connectivity index (χ4n) is 3.21. The van der Waals surface area contributed by atoms with E-state index in [-0.39, 0.29) is 11.9 Å². The molecular formula is C22H27N3O. The van der Waals surface area contributed by atoms with Crippen LogP contribution < -0.4 is 5.32 Å². The van der Waals surface area contributed by atoms with Gasteiger partial charge in [0.15, 0.2) is 0 Å². The van der Waals surface area contributed by atoms with Crippen molar-refractivity contribution < 1.29 is 4.79 Å². The summed E-state index contributed by atoms with van der Waals surface area (Å²) >= 11 is 0. The number of hydrogen-bond donors (Lipinski definition) is 2. The lowest BCUT2D eigenvalue weighted by Crippen LogP contribution is -2.30. The molecule has 26 heavy (non-hydrogen) atoms. The number of aromatic amines is 1. The van der Waals surface area contributed by atoms with Crippen LogP contribution >= 0.6 is 0 Å². The van der Waals surface area contributed by atoms with Gasteiger partial charge in [-0.3, -0.25) is 4.79 Å². The molecule has 0 aliphatic rings. The van der Waals surface area contributed by atoms with Crippen LogP contribution in [0.2, 0.25) is 0 Å². The molecule has 1 heterocycles. The molecule has 0 saturated carbocycles. The van der Waals surface area contributed by atoms with E-state index in [2.05, 4.69) is 41.3 Å². The Bertz CT molecular complexity index is 806. The molecule has 3 aromatic rings. The predicted molar refractivity (Wildman–Crippen MR) is 106 cm³/mol. The molecule has 0 fully saturated rings. The van der Waals surface area contributed by atoms with E-state index in [1.165, 1.54) is 5.56 Å². The number of hydrogen-bond acceptors (Lipinski definition) is 2. The van der Waals surface area contributed by atoms with Crippen molar-refractivity contribution in [1.29, 1.82) is 0 Å². The van der Waals surface area contributed by atoms with Crippen LogP contribution in [0.4, 0.5) is 0 Å². The minimum atomic E-state index is -0.0772. The average molecular weight is 349 g/mol. The first-order valence-electron chi connectivity index (χ1n) is 9.40. The second-order valence-electron chi connectivity index (χ2n) is 7.23. The molecule has 0 unspecified atom stereocenters. The van der Waals surface area contributed by atoms with Crippen molar-refractivity contribution in [3.63, 3.8) is 0 Å². The molecule has 0 bridgehead atoms. The zero-order valence-electron chi connectivity index (χ0n) is 15.5. The van der Waals surface area contributed by atoms with Crippen molar-refractivity contribution in [2.45, 2.75) is 45.6 Å². The molecule has 0 aliphatic carbocycles. The van der Waals surface area contributed by atoms with Gasteiger partial charge in [0.25, 0.3) is 0 Å². The summed E-state index contributed by atoms with van der Waals surface area (Å²) in [6.07, 6.45) is 3.17. The second-order valence-corrected chi connectivity index (χ2v) is 7.23. The molecule has 3 rings (SSSR count). The fourth-order valence-corrected chi connectivity index (χ4v) is 3.21. The van der Waals surface area contributed by atoms with Crippen molar-refractivity contribution in [2.24, 2.45) is 5.92 Å². The molecule has 0 saturated heterocycles. The molecular weight excluding hydrogens is 322 g/mol. The number of nitrogens with zero attached hydrogens (tertiary/aromatic N) is 1. The minimum absolute atomic E-state index is 0.0772. The van der Waals surface area contributed by atoms with E-state index < -0.39 is 0 Å². The number of carbonyl (C=O) groups excluding carboxylic acids is 1. The van der Waals surface area contributed by atoms with E-state index in [0.717, 1.165) is 36.1 Å². The zero-order chi connectivity index (χ0) is 18.4. The highest BCUT2D eigenvalue weighted by Gasteiger charge is 2.19. The van der Waals surface area contributed by atoms with E-state index in [1.807, 2.05) is 42.5 Å². The molecule has 1 atom stereocenters. The van der Waals surface area contributed by atoms with Gasteiger partial charge in [0.05, 0.1) is 17.1 Å². The predicted octanol–water partition coefficient (Wildman–Crippen LogP) is 4.79. The standard InChI is InChI=1S/C22H27N3O/c1-16(2)15-20(22-24-18-12-6-7-13-19(18)25-22)23-21(26)14-8-11-17-9-4-3-5-10-17/h3-7,9-10,12-13,16,20H,8,11,14-15H2,1-2H3,(H,23,26)(H,24,25)/t20-/m0/s1. The summed E-state index contributed by atoms with van der Waals surface area (Å²) in [5, 5.41) is 3.18. The van der Waals surface area contributed by atoms with Gasteiger partial charge in [-0.15, -0.1) is 0 Å². The molecule has 1 amide bonds. The maximum Gasteiger partial charge on any atom is 0.220 e. The molecule has 4 nitrogen and oxygen atoms in total. The highest BCUT2D eigenvalue weighted by molar-refractivity contribution is 5.77. The lowest BCUT2D eigenvalue weighted by molar-refractivity contribution is -0.122. The number of benzene rings is 2. The maximum absolute atomic E-state index is 12.5. The number of carbonyl (C=O) groups is 1. The Morgan fingerprint density at radius 1 is 1.08 bits per heavy atom. The summed E-state index contributed by atoms with van der Waals surface area (Å²) in [5.41, 5.74) is 3.22. The van der Waals surface area contributed by atoms with Gasteiger partial charge in [-0.1, -0.05) is 56.3 Å². The van der Waals surface area contributed by atoms with Crippen LogP contribution in [-0.4, -0.2) is 15.9 Å². The van der Waals surface area contributed by atoms with E-state index in [9.17, 15) is 4.79 Å². The van der Waals surface area contributed by atoms with Gasteiger partial charge in [-0.05, 0) is 42.9 Å². The Labute approximate surface area is 155 Å². The van der Waals surface area contributed by atoms with Crippen LogP contribution in [0, 0.1) is 5.92 Å². The molecule has 0 spiro atoms. The van der Waals surface area contributed by atoms with Gasteiger partial charge >= 0.3 is 0 Å². The summed E-state index contributed by atoms with van der Waals surface area (Å²) in [5.74, 6) is 1.40. The highest BCUT2D eigenvalue weighted by atomic mass is 16.1. The first kappa shape index (κ1) is 18.2. The van der Waals surface area contributed by atoms with Gasteiger partial charge in [0.1, 0.15) is 5.82 Å². The van der Waals surface area contributed by atoms with Crippen LogP contribution in [0.5, 0.6) is 0 Å². The fraction of sp³-hybridized carbons (Fsp3) is 0.364. The van der Waals surface area contributed by atoms with Gasteiger partial charge < -0.3 is 10.3 Å². The summed E-state index contributed by atoms with van der Waals surface area (Å²) in [7, 11) is 0. The van der Waals surface area contributed by atoms with Crippen molar-refractivity contribution >= 4 is 16.9 Å². The van der Waals surface area contributed by atoms with Gasteiger partial charge in [-0.25, -0.2) is 4.98 Å². The quantitative estimate of drug-likeness (QED) is 0.614. The average Bonchev–Trinajstić information content (AvgIpc) is 3.06. The van der Waals surface area contributed by atoms with Crippen molar-refractivity contribution in [3.8, 4) is 0 Å². The van der Waals surface area contributed by atoms with Crippen LogP contribution in [-0.2, 0) is 11.2 Å². The van der Waals surface area contributed by atoms with Gasteiger partial charge in [0.2, 0.25) is 5.91 Å². The Balaban J connectivity index is 1.61. The number of amides is 1. The van der Waals surface area contributed by atoms with E-state index in [4.69, 9.17) is 0 Å². The number of H-pyrrole nitrogens is 1. The van der Waals surface area contributed by atoms with Crippen LogP contribution in [0.15, 0.2) is 54.6 Å². The Morgan fingerprint density at radius 3 is 2.54 bits per heavy atom. The largest absolute Gasteiger partial charge is 0.346 e. The summed E-state index contributed by atoms with van der Waals surface area (Å²) in [6.45, 7) is 4.33. The number of nitrogens with one attached hydrogen (secondary N) is 2. The maximum atomic E-state index is 12.5. The van der Waals surface area contributed by atoms with Crippen LogP contribution in [0.1, 0.15) is 50.5 Å². The Morgan fingerprint density at radius 2 is 1.81 bits per heavy atom. The SMILES string of the molecule is CC(C)C[C@H](NC(=O)CCCc1ccccc1)c1nc2ccccc2[nH]1. The highest BCUT2D eigenvalue weighted by Crippen LogP contribution is 2.22. The molecule has 136 valence electrons. The van der Waals surface area contributed by atoms with E-state index in [0.29, 0.717) is 12.3 Å². The smallest absolute Gasteiger partial charge is 0.220 e. The van der Waals surface area contributed by atoms with Crippen molar-refractivity contribution in [1.82, 2.24) is 15.3 Å². The monoisotopic (exact) mass is 349 g/mol. The summed E-state index contributed by atoms with van der Waals surface area (Å²) in [6, 6.07) is 18.2. The van der Waals surface area contributed by atoms with E-state index in [1.54, 1.807) is 0 Å². The minimum Gasteiger partial charge on any atom is -0.346 e. The van der Waals surface area contributed by atoms with Crippen molar-refractivity contribution in [3.05, 3.63) is 66.0 Å². The molecule has 4 heteroatoms. The lowest BCUT2D eigenvalue weighted by atomic mass is 10.0. The third-order valence-corrected chi connectivity index (χ3v) is 4.49.